The molecule has 0 atom stereocenters. The third kappa shape index (κ3) is 2.78. The zero-order chi connectivity index (χ0) is 16.4. The number of aromatic nitrogens is 2. The molecule has 0 spiro atoms. The van der Waals surface area contributed by atoms with Crippen LogP contribution in [0.2, 0.25) is 0 Å². The van der Waals surface area contributed by atoms with E-state index < -0.39 is 11.5 Å². The summed E-state index contributed by atoms with van der Waals surface area (Å²) in [6.07, 6.45) is 2.91. The van der Waals surface area contributed by atoms with Crippen LogP contribution in [0.4, 0.5) is 5.69 Å². The number of methoxy groups -OCH3 is 1. The highest BCUT2D eigenvalue weighted by atomic mass is 16.5. The largest absolute Gasteiger partial charge is 0.497 e. The van der Waals surface area contributed by atoms with E-state index in [0.717, 1.165) is 5.56 Å². The van der Waals surface area contributed by atoms with Crippen LogP contribution >= 0.6 is 0 Å². The molecule has 0 aliphatic heterocycles. The first-order valence-corrected chi connectivity index (χ1v) is 7.02. The topological polar surface area (TPSA) is 72.7 Å². The van der Waals surface area contributed by atoms with Gasteiger partial charge in [-0.25, -0.2) is 4.98 Å². The number of carbonyl (C=O) groups excluding carboxylic acids is 1. The number of hydrogen-bond acceptors (Lipinski definition) is 4. The minimum Gasteiger partial charge on any atom is -0.497 e. The number of anilines is 1. The van der Waals surface area contributed by atoms with Crippen molar-refractivity contribution in [2.24, 2.45) is 0 Å². The third-order valence-electron chi connectivity index (χ3n) is 3.52. The van der Waals surface area contributed by atoms with Gasteiger partial charge in [-0.05, 0) is 42.8 Å². The molecule has 2 heterocycles. The summed E-state index contributed by atoms with van der Waals surface area (Å²) >= 11 is 0. The van der Waals surface area contributed by atoms with Crippen molar-refractivity contribution in [3.05, 3.63) is 70.3 Å². The zero-order valence-corrected chi connectivity index (χ0v) is 12.7. The Labute approximate surface area is 132 Å². The Morgan fingerprint density at radius 2 is 1.96 bits per heavy atom. The SMILES string of the molecule is COc1ccc(NC(=O)c2cnc3c(C)cccn3c2=O)cc1. The van der Waals surface area contributed by atoms with Crippen molar-refractivity contribution in [1.29, 1.82) is 0 Å². The Hall–Kier alpha value is -3.15. The molecule has 2 aromatic heterocycles. The Morgan fingerprint density at radius 3 is 2.65 bits per heavy atom. The monoisotopic (exact) mass is 309 g/mol. The van der Waals surface area contributed by atoms with Crippen LogP contribution in [0.3, 0.4) is 0 Å². The molecule has 1 N–H and O–H groups in total. The summed E-state index contributed by atoms with van der Waals surface area (Å²) in [6.45, 7) is 1.86. The number of nitrogens with zero attached hydrogens (tertiary/aromatic N) is 2. The van der Waals surface area contributed by atoms with E-state index in [4.69, 9.17) is 4.74 Å². The zero-order valence-electron chi connectivity index (χ0n) is 12.7. The predicted octanol–water partition coefficient (Wildman–Crippen LogP) is 2.26. The van der Waals surface area contributed by atoms with Crippen molar-refractivity contribution in [1.82, 2.24) is 9.38 Å². The van der Waals surface area contributed by atoms with E-state index in [2.05, 4.69) is 10.3 Å². The van der Waals surface area contributed by atoms with Crippen molar-refractivity contribution >= 4 is 17.2 Å². The molecule has 6 nitrogen and oxygen atoms in total. The maximum Gasteiger partial charge on any atom is 0.270 e. The molecule has 1 aromatic carbocycles. The molecule has 0 bridgehead atoms. The second-order valence-corrected chi connectivity index (χ2v) is 5.04. The standard InChI is InChI=1S/C17H15N3O3/c1-11-4-3-9-20-15(11)18-10-14(17(20)22)16(21)19-12-5-7-13(23-2)8-6-12/h3-10H,1-2H3,(H,19,21). The van der Waals surface area contributed by atoms with Gasteiger partial charge in [0.1, 0.15) is 17.0 Å². The molecule has 0 saturated carbocycles. The fourth-order valence-electron chi connectivity index (χ4n) is 2.28. The van der Waals surface area contributed by atoms with E-state index in [1.807, 2.05) is 13.0 Å². The Balaban J connectivity index is 1.94. The number of pyridine rings is 1. The quantitative estimate of drug-likeness (QED) is 0.805. The van der Waals surface area contributed by atoms with Gasteiger partial charge in [0.15, 0.2) is 0 Å². The summed E-state index contributed by atoms with van der Waals surface area (Å²) in [5.41, 5.74) is 1.57. The summed E-state index contributed by atoms with van der Waals surface area (Å²) in [5, 5.41) is 2.68. The molecule has 0 aliphatic rings. The molecule has 1 amide bonds. The molecule has 0 fully saturated rings. The van der Waals surface area contributed by atoms with Crippen molar-refractivity contribution in [2.75, 3.05) is 12.4 Å². The molecule has 0 aliphatic carbocycles. The van der Waals surface area contributed by atoms with Crippen LogP contribution in [0.1, 0.15) is 15.9 Å². The molecule has 3 rings (SSSR count). The lowest BCUT2D eigenvalue weighted by molar-refractivity contribution is 0.102. The van der Waals surface area contributed by atoms with Gasteiger partial charge in [-0.15, -0.1) is 0 Å². The molecule has 6 heteroatoms. The van der Waals surface area contributed by atoms with Gasteiger partial charge in [0, 0.05) is 18.1 Å². The molecular weight excluding hydrogens is 294 g/mol. The number of rotatable bonds is 3. The first-order valence-electron chi connectivity index (χ1n) is 7.02. The summed E-state index contributed by atoms with van der Waals surface area (Å²) < 4.78 is 6.43. The van der Waals surface area contributed by atoms with E-state index in [1.54, 1.807) is 43.6 Å². The minimum absolute atomic E-state index is 0.0103. The van der Waals surface area contributed by atoms with E-state index in [0.29, 0.717) is 17.1 Å². The average Bonchev–Trinajstić information content (AvgIpc) is 2.56. The van der Waals surface area contributed by atoms with Crippen molar-refractivity contribution in [3.63, 3.8) is 0 Å². The number of fused-ring (bicyclic) bond motifs is 1. The summed E-state index contributed by atoms with van der Waals surface area (Å²) in [4.78, 5) is 29.0. The molecule has 0 radical (unpaired) electrons. The highest BCUT2D eigenvalue weighted by Crippen LogP contribution is 2.15. The van der Waals surface area contributed by atoms with Crippen LogP contribution in [0.15, 0.2) is 53.6 Å². The van der Waals surface area contributed by atoms with E-state index in [1.165, 1.54) is 10.6 Å². The molecule has 0 saturated heterocycles. The second kappa shape index (κ2) is 5.92. The number of carbonyl (C=O) groups is 1. The van der Waals surface area contributed by atoms with Gasteiger partial charge in [-0.3, -0.25) is 14.0 Å². The normalized spacial score (nSPS) is 10.5. The summed E-state index contributed by atoms with van der Waals surface area (Å²) in [6, 6.07) is 10.5. The predicted molar refractivity (Wildman–Crippen MR) is 87.1 cm³/mol. The van der Waals surface area contributed by atoms with Gasteiger partial charge in [-0.1, -0.05) is 6.07 Å². The van der Waals surface area contributed by atoms with Crippen LogP contribution < -0.4 is 15.6 Å². The van der Waals surface area contributed by atoms with Crippen molar-refractivity contribution in [3.8, 4) is 5.75 Å². The van der Waals surface area contributed by atoms with E-state index in [9.17, 15) is 9.59 Å². The van der Waals surface area contributed by atoms with Crippen molar-refractivity contribution < 1.29 is 9.53 Å². The van der Waals surface area contributed by atoms with Gasteiger partial charge < -0.3 is 10.1 Å². The van der Waals surface area contributed by atoms with Gasteiger partial charge in [0.05, 0.1) is 7.11 Å². The minimum atomic E-state index is -0.497. The van der Waals surface area contributed by atoms with E-state index >= 15 is 0 Å². The Bertz CT molecular complexity index is 930. The summed E-state index contributed by atoms with van der Waals surface area (Å²) in [5.74, 6) is 0.189. The smallest absolute Gasteiger partial charge is 0.270 e. The fraction of sp³-hybridized carbons (Fsp3) is 0.118. The van der Waals surface area contributed by atoms with Crippen molar-refractivity contribution in [2.45, 2.75) is 6.92 Å². The first kappa shape index (κ1) is 14.8. The van der Waals surface area contributed by atoms with Gasteiger partial charge in [0.2, 0.25) is 0 Å². The number of benzene rings is 1. The van der Waals surface area contributed by atoms with Crippen LogP contribution in [-0.2, 0) is 0 Å². The lowest BCUT2D eigenvalue weighted by atomic mass is 10.2. The molecule has 23 heavy (non-hydrogen) atoms. The third-order valence-corrected chi connectivity index (χ3v) is 3.52. The number of hydrogen-bond donors (Lipinski definition) is 1. The maximum atomic E-state index is 12.5. The molecule has 3 aromatic rings. The van der Waals surface area contributed by atoms with E-state index in [-0.39, 0.29) is 5.56 Å². The number of aryl methyl sites for hydroxylation is 1. The second-order valence-electron chi connectivity index (χ2n) is 5.04. The number of ether oxygens (including phenoxy) is 1. The first-order chi connectivity index (χ1) is 11.1. The van der Waals surface area contributed by atoms with Crippen LogP contribution in [-0.4, -0.2) is 22.4 Å². The van der Waals surface area contributed by atoms with Crippen LogP contribution in [0.25, 0.3) is 5.65 Å². The number of amides is 1. The van der Waals surface area contributed by atoms with Gasteiger partial charge >= 0.3 is 0 Å². The van der Waals surface area contributed by atoms with Crippen LogP contribution in [0.5, 0.6) is 5.75 Å². The highest BCUT2D eigenvalue weighted by molar-refractivity contribution is 6.03. The Kier molecular flexibility index (Phi) is 3.80. The Morgan fingerprint density at radius 1 is 1.22 bits per heavy atom. The lowest BCUT2D eigenvalue weighted by Crippen LogP contribution is -2.26. The van der Waals surface area contributed by atoms with Gasteiger partial charge in [-0.2, -0.15) is 0 Å². The average molecular weight is 309 g/mol. The molecule has 0 unspecified atom stereocenters. The van der Waals surface area contributed by atoms with Gasteiger partial charge in [0.25, 0.3) is 11.5 Å². The molecular formula is C17H15N3O3. The lowest BCUT2D eigenvalue weighted by Gasteiger charge is -2.08. The number of nitrogens with one attached hydrogen (secondary N) is 1. The highest BCUT2D eigenvalue weighted by Gasteiger charge is 2.14. The molecule has 116 valence electrons. The van der Waals surface area contributed by atoms with Crippen LogP contribution in [0, 0.1) is 6.92 Å². The summed E-state index contributed by atoms with van der Waals surface area (Å²) in [7, 11) is 1.57. The maximum absolute atomic E-state index is 12.5. The fourth-order valence-corrected chi connectivity index (χ4v) is 2.28.